The van der Waals surface area contributed by atoms with Gasteiger partial charge < -0.3 is 16.8 Å². The predicted octanol–water partition coefficient (Wildman–Crippen LogP) is 2.30. The quantitative estimate of drug-likeness (QED) is 0.752. The molecule has 1 aromatic carbocycles. The molecule has 1 aromatic heterocycles. The number of nitrogens with two attached hydrogens (primary N) is 2. The number of benzene rings is 1. The maximum atomic E-state index is 13.0. The number of anilines is 3. The van der Waals surface area contributed by atoms with Gasteiger partial charge in [0.1, 0.15) is 5.82 Å². The number of nitrogens with one attached hydrogen (secondary N) is 1. The van der Waals surface area contributed by atoms with Crippen LogP contribution in [0.1, 0.15) is 10.4 Å². The fraction of sp³-hybridized carbons (Fsp3) is 0. The van der Waals surface area contributed by atoms with Crippen molar-refractivity contribution in [2.75, 3.05) is 11.1 Å². The topological polar surface area (TPSA) is 94.0 Å². The molecule has 0 radical (unpaired) electrons. The van der Waals surface area contributed by atoms with E-state index in [4.69, 9.17) is 23.1 Å². The molecule has 19 heavy (non-hydrogen) atoms. The van der Waals surface area contributed by atoms with E-state index < -0.39 is 11.7 Å². The highest BCUT2D eigenvalue weighted by atomic mass is 35.5. The summed E-state index contributed by atoms with van der Waals surface area (Å²) in [6.45, 7) is 0. The molecule has 7 heteroatoms. The van der Waals surface area contributed by atoms with Gasteiger partial charge in [-0.15, -0.1) is 0 Å². The van der Waals surface area contributed by atoms with Crippen LogP contribution in [0.4, 0.5) is 21.5 Å². The number of carbonyl (C=O) groups is 1. The second kappa shape index (κ2) is 5.11. The normalized spacial score (nSPS) is 10.2. The van der Waals surface area contributed by atoms with E-state index in [-0.39, 0.29) is 16.3 Å². The Bertz CT molecular complexity index is 648. The third kappa shape index (κ3) is 2.92. The number of halogens is 2. The molecule has 0 aliphatic heterocycles. The molecule has 5 N–H and O–H groups in total. The first-order chi connectivity index (χ1) is 8.97. The minimum absolute atomic E-state index is 0.120. The molecule has 0 fully saturated rings. The van der Waals surface area contributed by atoms with Crippen LogP contribution < -0.4 is 16.8 Å². The van der Waals surface area contributed by atoms with Crippen LogP contribution in [-0.4, -0.2) is 10.9 Å². The van der Waals surface area contributed by atoms with E-state index in [0.29, 0.717) is 11.4 Å². The molecular weight excluding hydrogens is 271 g/mol. The standard InChI is InChI=1S/C12H10ClFN4O/c13-10-3-7(15)2-9(12(16)19)11(10)18-8-1-6(14)4-17-5-8/h1-5,18H,15H2,(H2,16,19). The second-order valence-corrected chi connectivity index (χ2v) is 4.21. The average Bonchev–Trinajstić information content (AvgIpc) is 2.32. The van der Waals surface area contributed by atoms with Gasteiger partial charge in [0.25, 0.3) is 5.91 Å². The molecule has 2 aromatic rings. The highest BCUT2D eigenvalue weighted by Crippen LogP contribution is 2.31. The highest BCUT2D eigenvalue weighted by Gasteiger charge is 2.14. The fourth-order valence-electron chi connectivity index (χ4n) is 1.57. The van der Waals surface area contributed by atoms with Crippen molar-refractivity contribution in [1.29, 1.82) is 0 Å². The van der Waals surface area contributed by atoms with Crippen molar-refractivity contribution >= 4 is 34.6 Å². The van der Waals surface area contributed by atoms with Crippen LogP contribution in [0.15, 0.2) is 30.6 Å². The molecule has 2 rings (SSSR count). The van der Waals surface area contributed by atoms with E-state index >= 15 is 0 Å². The average molecular weight is 281 g/mol. The second-order valence-electron chi connectivity index (χ2n) is 3.81. The number of nitrogen functional groups attached to an aromatic ring is 1. The van der Waals surface area contributed by atoms with Gasteiger partial charge >= 0.3 is 0 Å². The summed E-state index contributed by atoms with van der Waals surface area (Å²) in [4.78, 5) is 15.0. The van der Waals surface area contributed by atoms with Crippen molar-refractivity contribution in [2.45, 2.75) is 0 Å². The lowest BCUT2D eigenvalue weighted by Gasteiger charge is -2.12. The molecule has 0 aliphatic carbocycles. The number of rotatable bonds is 3. The number of hydrogen-bond acceptors (Lipinski definition) is 4. The zero-order chi connectivity index (χ0) is 14.0. The number of carbonyl (C=O) groups excluding carboxylic acids is 1. The van der Waals surface area contributed by atoms with E-state index in [2.05, 4.69) is 10.3 Å². The molecular formula is C12H10ClFN4O. The minimum atomic E-state index is -0.693. The Morgan fingerprint density at radius 2 is 2.05 bits per heavy atom. The van der Waals surface area contributed by atoms with Gasteiger partial charge in [-0.1, -0.05) is 11.6 Å². The molecule has 0 spiro atoms. The van der Waals surface area contributed by atoms with Crippen molar-refractivity contribution in [3.8, 4) is 0 Å². The Kier molecular flexibility index (Phi) is 3.52. The van der Waals surface area contributed by atoms with Crippen molar-refractivity contribution in [2.24, 2.45) is 5.73 Å². The van der Waals surface area contributed by atoms with Gasteiger partial charge in [0.05, 0.1) is 34.4 Å². The first-order valence-electron chi connectivity index (χ1n) is 5.24. The zero-order valence-corrected chi connectivity index (χ0v) is 10.4. The predicted molar refractivity (Wildman–Crippen MR) is 71.9 cm³/mol. The van der Waals surface area contributed by atoms with Gasteiger partial charge in [0.15, 0.2) is 0 Å². The Balaban J connectivity index is 2.47. The Morgan fingerprint density at radius 3 is 2.68 bits per heavy atom. The Hall–Kier alpha value is -2.34. The number of pyridine rings is 1. The Labute approximate surface area is 113 Å². The van der Waals surface area contributed by atoms with Crippen molar-refractivity contribution in [3.05, 3.63) is 47.0 Å². The van der Waals surface area contributed by atoms with E-state index in [1.54, 1.807) is 0 Å². The summed E-state index contributed by atoms with van der Waals surface area (Å²) in [5.74, 6) is -1.21. The first-order valence-corrected chi connectivity index (χ1v) is 5.61. The van der Waals surface area contributed by atoms with E-state index in [1.165, 1.54) is 24.4 Å². The summed E-state index contributed by atoms with van der Waals surface area (Å²) < 4.78 is 13.0. The molecule has 98 valence electrons. The maximum Gasteiger partial charge on any atom is 0.250 e. The number of aromatic nitrogens is 1. The van der Waals surface area contributed by atoms with Crippen LogP contribution in [0.25, 0.3) is 0 Å². The molecule has 0 saturated heterocycles. The van der Waals surface area contributed by atoms with Crippen molar-refractivity contribution in [3.63, 3.8) is 0 Å². The van der Waals surface area contributed by atoms with Crippen molar-refractivity contribution in [1.82, 2.24) is 4.98 Å². The van der Waals surface area contributed by atoms with Crippen molar-refractivity contribution < 1.29 is 9.18 Å². The van der Waals surface area contributed by atoms with Crippen LogP contribution in [-0.2, 0) is 0 Å². The molecule has 0 saturated carbocycles. The van der Waals surface area contributed by atoms with E-state index in [1.807, 2.05) is 0 Å². The third-order valence-corrected chi connectivity index (χ3v) is 2.65. The van der Waals surface area contributed by atoms with Crippen LogP contribution in [0.2, 0.25) is 5.02 Å². The lowest BCUT2D eigenvalue weighted by molar-refractivity contribution is 0.100. The Morgan fingerprint density at radius 1 is 1.32 bits per heavy atom. The maximum absolute atomic E-state index is 13.0. The summed E-state index contributed by atoms with van der Waals surface area (Å²) in [5, 5.41) is 3.01. The highest BCUT2D eigenvalue weighted by molar-refractivity contribution is 6.34. The van der Waals surface area contributed by atoms with Crippen LogP contribution in [0.5, 0.6) is 0 Å². The van der Waals surface area contributed by atoms with Gasteiger partial charge in [0.2, 0.25) is 0 Å². The summed E-state index contributed by atoms with van der Waals surface area (Å²) in [5.41, 5.74) is 11.9. The molecule has 0 aliphatic rings. The summed E-state index contributed by atoms with van der Waals surface area (Å²) in [6, 6.07) is 4.07. The SMILES string of the molecule is NC(=O)c1cc(N)cc(Cl)c1Nc1cncc(F)c1. The van der Waals surface area contributed by atoms with Gasteiger partial charge in [-0.2, -0.15) is 0 Å². The summed E-state index contributed by atoms with van der Waals surface area (Å²) in [6.07, 6.45) is 2.45. The third-order valence-electron chi connectivity index (χ3n) is 2.35. The van der Waals surface area contributed by atoms with Crippen LogP contribution in [0.3, 0.4) is 0 Å². The van der Waals surface area contributed by atoms with Gasteiger partial charge in [0, 0.05) is 11.8 Å². The van der Waals surface area contributed by atoms with Crippen LogP contribution >= 0.6 is 11.6 Å². The molecule has 1 amide bonds. The smallest absolute Gasteiger partial charge is 0.250 e. The lowest BCUT2D eigenvalue weighted by atomic mass is 10.1. The number of nitrogens with zero attached hydrogens (tertiary/aromatic N) is 1. The van der Waals surface area contributed by atoms with E-state index in [0.717, 1.165) is 6.20 Å². The fourth-order valence-corrected chi connectivity index (χ4v) is 1.85. The van der Waals surface area contributed by atoms with Crippen LogP contribution in [0, 0.1) is 5.82 Å². The summed E-state index contributed by atoms with van der Waals surface area (Å²) >= 11 is 6.00. The van der Waals surface area contributed by atoms with Gasteiger partial charge in [-0.05, 0) is 12.1 Å². The zero-order valence-electron chi connectivity index (χ0n) is 9.65. The van der Waals surface area contributed by atoms with E-state index in [9.17, 15) is 9.18 Å². The number of hydrogen-bond donors (Lipinski definition) is 3. The molecule has 0 bridgehead atoms. The van der Waals surface area contributed by atoms with Gasteiger partial charge in [-0.3, -0.25) is 9.78 Å². The molecule has 1 heterocycles. The molecule has 0 unspecified atom stereocenters. The first kappa shape index (κ1) is 13.1. The monoisotopic (exact) mass is 280 g/mol. The molecule has 0 atom stereocenters. The largest absolute Gasteiger partial charge is 0.399 e. The number of primary amides is 1. The minimum Gasteiger partial charge on any atom is -0.399 e. The molecule has 5 nitrogen and oxygen atoms in total. The lowest BCUT2D eigenvalue weighted by Crippen LogP contribution is -2.14. The van der Waals surface area contributed by atoms with Gasteiger partial charge in [-0.25, -0.2) is 4.39 Å². The summed E-state index contributed by atoms with van der Waals surface area (Å²) in [7, 11) is 0. The number of amides is 1.